The zero-order valence-electron chi connectivity index (χ0n) is 50.3. The van der Waals surface area contributed by atoms with Gasteiger partial charge >= 0.3 is 11.9 Å². The van der Waals surface area contributed by atoms with Crippen molar-refractivity contribution in [2.45, 2.75) is 238 Å². The molecule has 0 aromatic rings. The van der Waals surface area contributed by atoms with Crippen LogP contribution in [0.4, 0.5) is 0 Å². The molecule has 444 valence electrons. The van der Waals surface area contributed by atoms with Crippen molar-refractivity contribution < 1.29 is 42.1 Å². The summed E-state index contributed by atoms with van der Waals surface area (Å²) in [5.41, 5.74) is 0. The number of quaternary nitrogens is 1. The number of phosphoric ester groups is 1. The molecule has 0 aromatic carbocycles. The van der Waals surface area contributed by atoms with Gasteiger partial charge in [-0.15, -0.1) is 0 Å². The number of esters is 2. The minimum Gasteiger partial charge on any atom is -0.756 e. The molecule has 2 atom stereocenters. The molecule has 10 heteroatoms. The molecule has 78 heavy (non-hydrogen) atoms. The second-order valence-electron chi connectivity index (χ2n) is 21.3. The standard InChI is InChI=1S/C68H114NO8P/c1-6-8-10-12-14-16-18-20-22-24-26-28-29-30-31-32-33-34-35-36-37-38-39-41-43-45-47-49-51-53-55-57-59-61-68(71)77-66(65-76-78(72,73)75-63-62-69(3,4)5)64-74-67(70)60-58-56-54-52-50-48-46-44-42-40-27-25-23-21-19-17-15-13-11-9-7-2/h8,10,14,16,20,22,25-28,30-31,33-34,36-37,39,41,45,47,51,53,66H,6-7,9,11-13,15,17-19,21,23-24,29,32,35,38,40,42-44,46,48-50,52,54-65H2,1-5H3/b10-8-,16-14-,22-20-,27-25-,28-26-,31-30-,34-33-,37-36-,41-39-,47-45-,53-51-. The van der Waals surface area contributed by atoms with Crippen LogP contribution >= 0.6 is 7.82 Å². The Morgan fingerprint density at radius 3 is 1.13 bits per heavy atom. The van der Waals surface area contributed by atoms with E-state index >= 15 is 0 Å². The second-order valence-corrected chi connectivity index (χ2v) is 22.7. The second kappa shape index (κ2) is 57.8. The molecule has 0 fully saturated rings. The molecule has 0 aliphatic heterocycles. The van der Waals surface area contributed by atoms with Crippen molar-refractivity contribution >= 4 is 19.8 Å². The smallest absolute Gasteiger partial charge is 0.306 e. The van der Waals surface area contributed by atoms with Crippen molar-refractivity contribution in [3.8, 4) is 0 Å². The van der Waals surface area contributed by atoms with E-state index in [-0.39, 0.29) is 26.1 Å². The average Bonchev–Trinajstić information content (AvgIpc) is 3.41. The van der Waals surface area contributed by atoms with Crippen LogP contribution in [0, 0.1) is 0 Å². The van der Waals surface area contributed by atoms with Crippen molar-refractivity contribution in [1.82, 2.24) is 0 Å². The number of ether oxygens (including phenoxy) is 2. The predicted octanol–water partition coefficient (Wildman–Crippen LogP) is 19.1. The van der Waals surface area contributed by atoms with Crippen LogP contribution in [-0.2, 0) is 32.7 Å². The van der Waals surface area contributed by atoms with E-state index in [2.05, 4.69) is 148 Å². The minimum atomic E-state index is -4.66. The van der Waals surface area contributed by atoms with Gasteiger partial charge in [-0.05, 0) is 116 Å². The minimum absolute atomic E-state index is 0.0468. The van der Waals surface area contributed by atoms with Crippen molar-refractivity contribution in [2.75, 3.05) is 47.5 Å². The zero-order chi connectivity index (χ0) is 57.0. The molecule has 0 saturated heterocycles. The number of carbonyl (C=O) groups excluding carboxylic acids is 2. The molecule has 0 saturated carbocycles. The van der Waals surface area contributed by atoms with E-state index in [4.69, 9.17) is 18.5 Å². The van der Waals surface area contributed by atoms with E-state index < -0.39 is 32.5 Å². The van der Waals surface area contributed by atoms with E-state index in [1.807, 2.05) is 21.1 Å². The quantitative estimate of drug-likeness (QED) is 0.0195. The van der Waals surface area contributed by atoms with Gasteiger partial charge in [0.2, 0.25) is 0 Å². The maximum Gasteiger partial charge on any atom is 0.306 e. The number of hydrogen-bond acceptors (Lipinski definition) is 8. The highest BCUT2D eigenvalue weighted by molar-refractivity contribution is 7.45. The number of unbranched alkanes of at least 4 members (excludes halogenated alkanes) is 19. The maximum atomic E-state index is 12.8. The first-order valence-corrected chi connectivity index (χ1v) is 32.4. The Hall–Kier alpha value is -3.85. The van der Waals surface area contributed by atoms with Gasteiger partial charge in [-0.2, -0.15) is 0 Å². The molecule has 0 aromatic heterocycles. The van der Waals surface area contributed by atoms with Crippen molar-refractivity contribution in [1.29, 1.82) is 0 Å². The van der Waals surface area contributed by atoms with Gasteiger partial charge in [0.15, 0.2) is 6.10 Å². The first kappa shape index (κ1) is 74.2. The Kier molecular flexibility index (Phi) is 55.0. The van der Waals surface area contributed by atoms with Gasteiger partial charge in [0.1, 0.15) is 19.8 Å². The summed E-state index contributed by atoms with van der Waals surface area (Å²) in [6.07, 6.45) is 83.6. The summed E-state index contributed by atoms with van der Waals surface area (Å²) in [6.45, 7) is 4.06. The number of rotatable bonds is 55. The molecule has 0 heterocycles. The van der Waals surface area contributed by atoms with Crippen molar-refractivity contribution in [3.05, 3.63) is 134 Å². The predicted molar refractivity (Wildman–Crippen MR) is 332 cm³/mol. The van der Waals surface area contributed by atoms with Crippen LogP contribution in [0.5, 0.6) is 0 Å². The fourth-order valence-electron chi connectivity index (χ4n) is 7.91. The summed E-state index contributed by atoms with van der Waals surface area (Å²) in [5.74, 6) is -0.894. The zero-order valence-corrected chi connectivity index (χ0v) is 51.2. The summed E-state index contributed by atoms with van der Waals surface area (Å²) in [6, 6.07) is 0. The van der Waals surface area contributed by atoms with Gasteiger partial charge < -0.3 is 27.9 Å². The molecule has 0 rings (SSSR count). The lowest BCUT2D eigenvalue weighted by Gasteiger charge is -2.28. The first-order chi connectivity index (χ1) is 38.0. The molecular weight excluding hydrogens is 990 g/mol. The molecule has 0 aliphatic rings. The molecular formula is C68H114NO8P. The summed E-state index contributed by atoms with van der Waals surface area (Å²) >= 11 is 0. The third-order valence-corrected chi connectivity index (χ3v) is 13.6. The molecule has 0 N–H and O–H groups in total. The maximum absolute atomic E-state index is 12.8. The van der Waals surface area contributed by atoms with Gasteiger partial charge in [0.05, 0.1) is 27.7 Å². The Labute approximate surface area is 479 Å². The molecule has 0 spiro atoms. The lowest BCUT2D eigenvalue weighted by Crippen LogP contribution is -2.37. The summed E-state index contributed by atoms with van der Waals surface area (Å²) in [5, 5.41) is 0. The number of phosphoric acid groups is 1. The first-order valence-electron chi connectivity index (χ1n) is 30.9. The molecule has 0 amide bonds. The van der Waals surface area contributed by atoms with Gasteiger partial charge in [-0.1, -0.05) is 237 Å². The fraction of sp³-hybridized carbons (Fsp3) is 0.647. The van der Waals surface area contributed by atoms with Crippen LogP contribution < -0.4 is 4.89 Å². The lowest BCUT2D eigenvalue weighted by atomic mass is 10.1. The number of hydrogen-bond donors (Lipinski definition) is 0. The van der Waals surface area contributed by atoms with E-state index in [1.54, 1.807) is 0 Å². The van der Waals surface area contributed by atoms with E-state index in [0.717, 1.165) is 103 Å². The third-order valence-electron chi connectivity index (χ3n) is 12.7. The molecule has 2 unspecified atom stereocenters. The average molecular weight is 1100 g/mol. The summed E-state index contributed by atoms with van der Waals surface area (Å²) < 4.78 is 34.1. The lowest BCUT2D eigenvalue weighted by molar-refractivity contribution is -0.870. The Morgan fingerprint density at radius 2 is 0.731 bits per heavy atom. The number of nitrogens with zero attached hydrogens (tertiary/aromatic N) is 1. The van der Waals surface area contributed by atoms with E-state index in [9.17, 15) is 19.0 Å². The van der Waals surface area contributed by atoms with Gasteiger partial charge in [-0.3, -0.25) is 14.2 Å². The molecule has 9 nitrogen and oxygen atoms in total. The highest BCUT2D eigenvalue weighted by Crippen LogP contribution is 2.38. The summed E-state index contributed by atoms with van der Waals surface area (Å²) in [7, 11) is 1.12. The number of allylic oxidation sites excluding steroid dienone is 22. The Morgan fingerprint density at radius 1 is 0.410 bits per heavy atom. The highest BCUT2D eigenvalue weighted by Gasteiger charge is 2.21. The van der Waals surface area contributed by atoms with Crippen LogP contribution in [0.1, 0.15) is 232 Å². The largest absolute Gasteiger partial charge is 0.756 e. The van der Waals surface area contributed by atoms with Crippen molar-refractivity contribution in [3.63, 3.8) is 0 Å². The van der Waals surface area contributed by atoms with Gasteiger partial charge in [0, 0.05) is 12.8 Å². The normalized spacial score (nSPS) is 14.2. The third kappa shape index (κ3) is 61.4. The summed E-state index contributed by atoms with van der Waals surface area (Å²) in [4.78, 5) is 37.9. The van der Waals surface area contributed by atoms with Crippen LogP contribution in [0.15, 0.2) is 134 Å². The van der Waals surface area contributed by atoms with E-state index in [0.29, 0.717) is 17.4 Å². The molecule has 0 radical (unpaired) electrons. The molecule has 0 bridgehead atoms. The number of likely N-dealkylation sites (N-methyl/N-ethyl adjacent to an activating group) is 1. The van der Waals surface area contributed by atoms with Gasteiger partial charge in [-0.25, -0.2) is 0 Å². The van der Waals surface area contributed by atoms with Crippen LogP contribution in [-0.4, -0.2) is 70.0 Å². The fourth-order valence-corrected chi connectivity index (χ4v) is 8.64. The number of carbonyl (C=O) groups is 2. The van der Waals surface area contributed by atoms with Gasteiger partial charge in [0.25, 0.3) is 7.82 Å². The SMILES string of the molecule is CC/C=C\C/C=C\C/C=C\C/C=C\C/C=C\C/C=C\C/C=C\C/C=C\C/C=C\C/C=C\CCCCC(=O)OC(COC(=O)CCCCCCCCCCC/C=C\CCCCCCCCCC)COP(=O)([O-])OCC[N+](C)(C)C. The molecule has 0 aliphatic carbocycles. The van der Waals surface area contributed by atoms with Crippen LogP contribution in [0.2, 0.25) is 0 Å². The topological polar surface area (TPSA) is 111 Å². The van der Waals surface area contributed by atoms with E-state index in [1.165, 1.54) is 96.3 Å². The Balaban J connectivity index is 4.28. The highest BCUT2D eigenvalue weighted by atomic mass is 31.2. The van der Waals surface area contributed by atoms with Crippen LogP contribution in [0.25, 0.3) is 0 Å². The Bertz CT molecular complexity index is 1780. The van der Waals surface area contributed by atoms with Crippen molar-refractivity contribution in [2.24, 2.45) is 0 Å². The van der Waals surface area contributed by atoms with Crippen LogP contribution in [0.3, 0.4) is 0 Å². The monoisotopic (exact) mass is 1100 g/mol.